The number of hydrogen-bond acceptors (Lipinski definition) is 3. The van der Waals surface area contributed by atoms with Crippen molar-refractivity contribution in [2.24, 2.45) is 5.73 Å². The fourth-order valence-electron chi connectivity index (χ4n) is 1.76. The van der Waals surface area contributed by atoms with Crippen molar-refractivity contribution in [1.82, 2.24) is 9.55 Å². The number of aryl methyl sites for hydroxylation is 1. The summed E-state index contributed by atoms with van der Waals surface area (Å²) in [4.78, 5) is 4.33. The number of rotatable bonds is 4. The van der Waals surface area contributed by atoms with E-state index in [0.717, 1.165) is 18.1 Å². The zero-order valence-electron chi connectivity index (χ0n) is 11.1. The molecule has 0 unspecified atom stereocenters. The monoisotopic (exact) mass is 332 g/mol. The average Bonchev–Trinajstić information content (AvgIpc) is 2.70. The van der Waals surface area contributed by atoms with Gasteiger partial charge in [0, 0.05) is 24.2 Å². The summed E-state index contributed by atoms with van der Waals surface area (Å²) in [7, 11) is 0. The fraction of sp³-hybridized carbons (Fsp3) is 0.231. The van der Waals surface area contributed by atoms with Gasteiger partial charge >= 0.3 is 0 Å². The van der Waals surface area contributed by atoms with Crippen LogP contribution in [0.1, 0.15) is 17.1 Å². The molecule has 1 aromatic carbocycles. The summed E-state index contributed by atoms with van der Waals surface area (Å²) >= 11 is 1.32. The number of nitrogens with zero attached hydrogens (tertiary/aromatic N) is 2. The first-order chi connectivity index (χ1) is 8.66. The van der Waals surface area contributed by atoms with Crippen molar-refractivity contribution in [2.45, 2.75) is 19.2 Å². The highest BCUT2D eigenvalue weighted by Gasteiger charge is 2.07. The number of halogens is 2. The van der Waals surface area contributed by atoms with E-state index < -0.39 is 0 Å². The normalized spacial score (nSPS) is 9.45. The maximum absolute atomic E-state index is 7.25. The zero-order chi connectivity index (χ0) is 13.0. The van der Waals surface area contributed by atoms with E-state index in [0.29, 0.717) is 5.75 Å². The second-order valence-corrected chi connectivity index (χ2v) is 5.04. The van der Waals surface area contributed by atoms with Crippen molar-refractivity contribution in [3.8, 4) is 0 Å². The third-order valence-corrected chi connectivity index (χ3v) is 3.45. The van der Waals surface area contributed by atoms with Crippen LogP contribution in [0.3, 0.4) is 0 Å². The Hall–Kier alpha value is -1.17. The van der Waals surface area contributed by atoms with Gasteiger partial charge in [-0.2, -0.15) is 0 Å². The number of benzene rings is 1. The van der Waals surface area contributed by atoms with E-state index in [2.05, 4.69) is 21.7 Å². The first-order valence-corrected chi connectivity index (χ1v) is 6.67. The molecular weight excluding hydrogens is 315 g/mol. The smallest absolute Gasteiger partial charge is 0.151 e. The van der Waals surface area contributed by atoms with E-state index in [1.165, 1.54) is 17.3 Å². The van der Waals surface area contributed by atoms with Crippen LogP contribution in [0, 0.1) is 12.3 Å². The SMILES string of the molecule is Cc1ncc(CSC(=N)N)n1Cc1ccccc1.Cl.Cl. The average molecular weight is 333 g/mol. The molecule has 3 N–H and O–H groups in total. The quantitative estimate of drug-likeness (QED) is 0.667. The van der Waals surface area contributed by atoms with Crippen molar-refractivity contribution >= 4 is 41.7 Å². The molecule has 0 fully saturated rings. The van der Waals surface area contributed by atoms with Gasteiger partial charge in [0.05, 0.1) is 0 Å². The molecule has 2 aromatic rings. The fourth-order valence-corrected chi connectivity index (χ4v) is 2.30. The maximum atomic E-state index is 7.25. The Morgan fingerprint density at radius 2 is 1.95 bits per heavy atom. The highest BCUT2D eigenvalue weighted by molar-refractivity contribution is 8.13. The molecule has 0 aliphatic heterocycles. The molecule has 0 amide bonds. The number of amidine groups is 1. The topological polar surface area (TPSA) is 67.7 Å². The second kappa shape index (κ2) is 8.89. The summed E-state index contributed by atoms with van der Waals surface area (Å²) in [6.45, 7) is 2.80. The van der Waals surface area contributed by atoms with Crippen molar-refractivity contribution in [3.05, 3.63) is 53.6 Å². The van der Waals surface area contributed by atoms with E-state index in [1.54, 1.807) is 0 Å². The first kappa shape index (κ1) is 18.8. The van der Waals surface area contributed by atoms with Gasteiger partial charge in [-0.05, 0) is 12.5 Å². The van der Waals surface area contributed by atoms with Crippen molar-refractivity contribution < 1.29 is 0 Å². The van der Waals surface area contributed by atoms with E-state index in [9.17, 15) is 0 Å². The van der Waals surface area contributed by atoms with Crippen LogP contribution in [0.2, 0.25) is 0 Å². The molecule has 0 aliphatic carbocycles. The molecular formula is C13H18Cl2N4S. The van der Waals surface area contributed by atoms with Crippen LogP contribution >= 0.6 is 36.6 Å². The number of nitrogens with one attached hydrogen (secondary N) is 1. The standard InChI is InChI=1S/C13H16N4S.2ClH/c1-10-16-7-12(9-18-13(14)15)17(10)8-11-5-3-2-4-6-11;;/h2-7H,8-9H2,1H3,(H3,14,15);2*1H. The minimum absolute atomic E-state index is 0. The predicted octanol–water partition coefficient (Wildman–Crippen LogP) is 3.21. The van der Waals surface area contributed by atoms with Crippen LogP contribution in [0.5, 0.6) is 0 Å². The van der Waals surface area contributed by atoms with Crippen molar-refractivity contribution in [1.29, 1.82) is 5.41 Å². The van der Waals surface area contributed by atoms with E-state index >= 15 is 0 Å². The highest BCUT2D eigenvalue weighted by Crippen LogP contribution is 2.15. The lowest BCUT2D eigenvalue weighted by Crippen LogP contribution is -2.08. The molecule has 0 aliphatic rings. The molecule has 2 rings (SSSR count). The Bertz CT molecular complexity index is 543. The lowest BCUT2D eigenvalue weighted by atomic mass is 10.2. The van der Waals surface area contributed by atoms with Gasteiger partial charge < -0.3 is 10.3 Å². The minimum atomic E-state index is 0. The summed E-state index contributed by atoms with van der Waals surface area (Å²) in [6.07, 6.45) is 1.86. The van der Waals surface area contributed by atoms with E-state index in [-0.39, 0.29) is 30.0 Å². The number of aromatic nitrogens is 2. The minimum Gasteiger partial charge on any atom is -0.379 e. The Morgan fingerprint density at radius 1 is 1.30 bits per heavy atom. The van der Waals surface area contributed by atoms with Crippen LogP contribution in [-0.4, -0.2) is 14.7 Å². The van der Waals surface area contributed by atoms with Crippen LogP contribution < -0.4 is 5.73 Å². The van der Waals surface area contributed by atoms with E-state index in [4.69, 9.17) is 11.1 Å². The van der Waals surface area contributed by atoms with Gasteiger partial charge in [-0.25, -0.2) is 4.98 Å². The second-order valence-electron chi connectivity index (χ2n) is 4.02. The summed E-state index contributed by atoms with van der Waals surface area (Å²) in [6, 6.07) is 10.3. The number of hydrogen-bond donors (Lipinski definition) is 2. The van der Waals surface area contributed by atoms with Crippen LogP contribution in [-0.2, 0) is 12.3 Å². The molecule has 0 bridgehead atoms. The molecule has 0 spiro atoms. The van der Waals surface area contributed by atoms with Crippen molar-refractivity contribution in [2.75, 3.05) is 0 Å². The van der Waals surface area contributed by atoms with Gasteiger partial charge in [0.2, 0.25) is 0 Å². The lowest BCUT2D eigenvalue weighted by Gasteiger charge is -2.10. The molecule has 0 saturated heterocycles. The third kappa shape index (κ3) is 5.07. The summed E-state index contributed by atoms with van der Waals surface area (Å²) in [5, 5.41) is 7.39. The van der Waals surface area contributed by atoms with Crippen LogP contribution in [0.15, 0.2) is 36.5 Å². The maximum Gasteiger partial charge on any atom is 0.151 e. The third-order valence-electron chi connectivity index (χ3n) is 2.70. The zero-order valence-corrected chi connectivity index (χ0v) is 13.5. The summed E-state index contributed by atoms with van der Waals surface area (Å²) < 4.78 is 2.16. The Balaban J connectivity index is 0.00000180. The Kier molecular flexibility index (Phi) is 8.37. The highest BCUT2D eigenvalue weighted by atomic mass is 35.5. The molecule has 1 heterocycles. The molecule has 0 atom stereocenters. The van der Waals surface area contributed by atoms with Gasteiger partial charge in [-0.15, -0.1) is 24.8 Å². The van der Waals surface area contributed by atoms with Crippen LogP contribution in [0.4, 0.5) is 0 Å². The molecule has 20 heavy (non-hydrogen) atoms. The van der Waals surface area contributed by atoms with Gasteiger partial charge in [0.1, 0.15) is 5.82 Å². The Morgan fingerprint density at radius 3 is 2.55 bits per heavy atom. The molecule has 0 radical (unpaired) electrons. The lowest BCUT2D eigenvalue weighted by molar-refractivity contribution is 0.735. The van der Waals surface area contributed by atoms with E-state index in [1.807, 2.05) is 31.3 Å². The molecule has 4 nitrogen and oxygen atoms in total. The molecule has 0 saturated carbocycles. The van der Waals surface area contributed by atoms with Gasteiger partial charge in [-0.1, -0.05) is 42.1 Å². The number of imidazole rings is 1. The largest absolute Gasteiger partial charge is 0.379 e. The summed E-state index contributed by atoms with van der Waals surface area (Å²) in [5.41, 5.74) is 7.70. The number of thioether (sulfide) groups is 1. The number of nitrogens with two attached hydrogens (primary N) is 1. The molecule has 7 heteroatoms. The Labute approximate surface area is 135 Å². The van der Waals surface area contributed by atoms with Gasteiger partial charge in [0.25, 0.3) is 0 Å². The van der Waals surface area contributed by atoms with Crippen LogP contribution in [0.25, 0.3) is 0 Å². The van der Waals surface area contributed by atoms with Crippen molar-refractivity contribution in [3.63, 3.8) is 0 Å². The first-order valence-electron chi connectivity index (χ1n) is 5.68. The summed E-state index contributed by atoms with van der Waals surface area (Å²) in [5.74, 6) is 1.67. The van der Waals surface area contributed by atoms with Gasteiger partial charge in [0.15, 0.2) is 5.17 Å². The molecule has 1 aromatic heterocycles. The van der Waals surface area contributed by atoms with Gasteiger partial charge in [-0.3, -0.25) is 5.41 Å². The predicted molar refractivity (Wildman–Crippen MR) is 90.2 cm³/mol. The molecule has 110 valence electrons.